The fourth-order valence-electron chi connectivity index (χ4n) is 9.02. The highest BCUT2D eigenvalue weighted by Gasteiger charge is 2.27. The quantitative estimate of drug-likeness (QED) is 0.0212. The Morgan fingerprint density at radius 2 is 0.753 bits per heavy atom. The molecule has 1 amide bonds. The Morgan fingerprint density at radius 1 is 0.432 bits per heavy atom. The van der Waals surface area contributed by atoms with Crippen LogP contribution in [0.4, 0.5) is 0 Å². The lowest BCUT2D eigenvalue weighted by atomic mass is 10.1. The molecule has 1 N–H and O–H groups in total. The number of rotatable bonds is 59. The standard InChI is InChI=1S/C71H125N2O7P/c1-7-10-13-16-19-22-25-27-29-31-33-35-36-38-39-41-43-45-48-51-54-57-60-63-70(74)72-68(67-79-81(76,77)78-66-65-73(4,5)6)69(62-59-56-53-50-47-24-21-18-15-12-9-3)80-71(75)64-61-58-55-52-49-46-44-42-40-37-34-32-30-28-26-23-20-17-14-11-8-2/h19-20,22-23,27-30,33-35,37-39,42,44,59,62,68-69H,7-18,21,24-26,31-32,36,40-41,43,45-58,60-61,63-67H2,1-6H3,(H-,72,74,76,77)/b22-19-,23-20-,29-27-,30-28-,35-33-,37-34-,39-38-,44-42-,62-59+. The van der Waals surface area contributed by atoms with Crippen LogP contribution < -0.4 is 10.2 Å². The van der Waals surface area contributed by atoms with Crippen LogP contribution in [-0.4, -0.2) is 69.4 Å². The molecule has 0 saturated carbocycles. The molecule has 0 aromatic carbocycles. The number of quaternary nitrogens is 1. The lowest BCUT2D eigenvalue weighted by Crippen LogP contribution is -2.47. The third-order valence-electron chi connectivity index (χ3n) is 14.2. The first-order valence-electron chi connectivity index (χ1n) is 33.2. The number of phosphoric ester groups is 1. The van der Waals surface area contributed by atoms with Crippen LogP contribution in [0.25, 0.3) is 0 Å². The van der Waals surface area contributed by atoms with Crippen molar-refractivity contribution in [1.82, 2.24) is 5.32 Å². The highest BCUT2D eigenvalue weighted by molar-refractivity contribution is 7.45. The second kappa shape index (κ2) is 59.8. The van der Waals surface area contributed by atoms with Crippen LogP contribution in [-0.2, 0) is 27.9 Å². The van der Waals surface area contributed by atoms with E-state index in [1.165, 1.54) is 116 Å². The molecule has 0 saturated heterocycles. The zero-order chi connectivity index (χ0) is 59.3. The van der Waals surface area contributed by atoms with Gasteiger partial charge in [-0.1, -0.05) is 252 Å². The van der Waals surface area contributed by atoms with Crippen molar-refractivity contribution in [2.75, 3.05) is 40.9 Å². The number of hydrogen-bond acceptors (Lipinski definition) is 7. The summed E-state index contributed by atoms with van der Waals surface area (Å²) < 4.78 is 30.3. The van der Waals surface area contributed by atoms with E-state index in [4.69, 9.17) is 13.8 Å². The van der Waals surface area contributed by atoms with E-state index in [2.05, 4.69) is 123 Å². The number of nitrogens with one attached hydrogen (secondary N) is 1. The van der Waals surface area contributed by atoms with Gasteiger partial charge in [0.25, 0.3) is 7.82 Å². The van der Waals surface area contributed by atoms with E-state index in [-0.39, 0.29) is 24.9 Å². The number of nitrogens with zero attached hydrogens (tertiary/aromatic N) is 1. The molecule has 466 valence electrons. The SMILES string of the molecule is CCCCC/C=C\C/C=C\C/C=C\C/C=C\CCCCCCCCCC(=O)NC(COP(=O)([O-])OCC[N+](C)(C)C)C(/C=C/CCCCCCCCCCC)OC(=O)CCCCCCC/C=C\C/C=C\C/C=C\C/C=C\CCCCC. The van der Waals surface area contributed by atoms with Gasteiger partial charge in [0.1, 0.15) is 19.3 Å². The lowest BCUT2D eigenvalue weighted by molar-refractivity contribution is -0.870. The lowest BCUT2D eigenvalue weighted by Gasteiger charge is -2.30. The topological polar surface area (TPSA) is 114 Å². The number of likely N-dealkylation sites (N-methyl/N-ethyl adjacent to an activating group) is 1. The maximum absolute atomic E-state index is 13.6. The Hall–Kier alpha value is -3.33. The van der Waals surface area contributed by atoms with E-state index in [0.29, 0.717) is 23.9 Å². The highest BCUT2D eigenvalue weighted by Crippen LogP contribution is 2.38. The van der Waals surface area contributed by atoms with Crippen LogP contribution >= 0.6 is 7.82 Å². The average Bonchev–Trinajstić information content (AvgIpc) is 3.43. The maximum Gasteiger partial charge on any atom is 0.306 e. The first kappa shape index (κ1) is 77.7. The van der Waals surface area contributed by atoms with Crippen LogP contribution in [0.5, 0.6) is 0 Å². The van der Waals surface area contributed by atoms with Gasteiger partial charge in [0.2, 0.25) is 5.91 Å². The molecule has 3 atom stereocenters. The third-order valence-corrected chi connectivity index (χ3v) is 15.1. The number of carbonyl (C=O) groups is 2. The van der Waals surface area contributed by atoms with E-state index in [9.17, 15) is 19.0 Å². The summed E-state index contributed by atoms with van der Waals surface area (Å²) in [5.41, 5.74) is 0. The molecule has 0 rings (SSSR count). The largest absolute Gasteiger partial charge is 0.756 e. The molecule has 9 nitrogen and oxygen atoms in total. The second-order valence-electron chi connectivity index (χ2n) is 23.3. The van der Waals surface area contributed by atoms with Crippen LogP contribution in [0.3, 0.4) is 0 Å². The zero-order valence-corrected chi connectivity index (χ0v) is 54.1. The number of unbranched alkanes of at least 4 members (excludes halogenated alkanes) is 27. The van der Waals surface area contributed by atoms with Gasteiger partial charge in [-0.05, 0) is 122 Å². The summed E-state index contributed by atoms with van der Waals surface area (Å²) in [5, 5.41) is 3.02. The molecule has 3 unspecified atom stereocenters. The summed E-state index contributed by atoms with van der Waals surface area (Å²) in [5.74, 6) is -0.578. The molecule has 0 aliphatic carbocycles. The van der Waals surface area contributed by atoms with Gasteiger partial charge in [-0.2, -0.15) is 0 Å². The third kappa shape index (κ3) is 61.1. The van der Waals surface area contributed by atoms with E-state index in [1.54, 1.807) is 0 Å². The van der Waals surface area contributed by atoms with Gasteiger partial charge in [0.05, 0.1) is 33.8 Å². The van der Waals surface area contributed by atoms with Crippen molar-refractivity contribution in [1.29, 1.82) is 0 Å². The number of ether oxygens (including phenoxy) is 1. The van der Waals surface area contributed by atoms with E-state index >= 15 is 0 Å². The Kier molecular flexibility index (Phi) is 57.4. The molecule has 81 heavy (non-hydrogen) atoms. The molecule has 0 aromatic rings. The molecule has 0 spiro atoms. The normalized spacial score (nSPS) is 14.3. The number of hydrogen-bond donors (Lipinski definition) is 1. The van der Waals surface area contributed by atoms with Gasteiger partial charge in [0.15, 0.2) is 0 Å². The van der Waals surface area contributed by atoms with Gasteiger partial charge in [0, 0.05) is 12.8 Å². The molecule has 0 heterocycles. The summed E-state index contributed by atoms with van der Waals surface area (Å²) in [6.07, 6.45) is 82.0. The average molecular weight is 1150 g/mol. The summed E-state index contributed by atoms with van der Waals surface area (Å²) in [6, 6.07) is -0.910. The van der Waals surface area contributed by atoms with Gasteiger partial charge in [-0.25, -0.2) is 0 Å². The van der Waals surface area contributed by atoms with Crippen LogP contribution in [0.1, 0.15) is 278 Å². The van der Waals surface area contributed by atoms with E-state index < -0.39 is 26.6 Å². The first-order valence-corrected chi connectivity index (χ1v) is 34.7. The molecule has 0 aromatic heterocycles. The summed E-state index contributed by atoms with van der Waals surface area (Å²) in [7, 11) is 1.15. The van der Waals surface area contributed by atoms with Crippen LogP contribution in [0, 0.1) is 0 Å². The number of allylic oxidation sites excluding steroid dienone is 17. The van der Waals surface area contributed by atoms with Crippen molar-refractivity contribution < 1.29 is 37.3 Å². The smallest absolute Gasteiger partial charge is 0.306 e. The van der Waals surface area contributed by atoms with Crippen molar-refractivity contribution in [3.8, 4) is 0 Å². The van der Waals surface area contributed by atoms with E-state index in [1.807, 2.05) is 33.3 Å². The highest BCUT2D eigenvalue weighted by atomic mass is 31.2. The fourth-order valence-corrected chi connectivity index (χ4v) is 9.74. The number of carbonyl (C=O) groups excluding carboxylic acids is 2. The fraction of sp³-hybridized carbons (Fsp3) is 0.718. The monoisotopic (exact) mass is 1150 g/mol. The zero-order valence-electron chi connectivity index (χ0n) is 53.2. The Balaban J connectivity index is 5.21. The van der Waals surface area contributed by atoms with Gasteiger partial charge >= 0.3 is 5.97 Å². The van der Waals surface area contributed by atoms with Gasteiger partial charge in [-0.15, -0.1) is 0 Å². The molecular formula is C71H125N2O7P. The first-order chi connectivity index (χ1) is 39.4. The molecular weight excluding hydrogens is 1020 g/mol. The minimum atomic E-state index is -4.72. The van der Waals surface area contributed by atoms with Crippen molar-refractivity contribution >= 4 is 19.7 Å². The summed E-state index contributed by atoms with van der Waals surface area (Å²) in [4.78, 5) is 40.1. The van der Waals surface area contributed by atoms with Gasteiger partial charge in [-0.3, -0.25) is 14.2 Å². The van der Waals surface area contributed by atoms with Crippen molar-refractivity contribution in [3.63, 3.8) is 0 Å². The van der Waals surface area contributed by atoms with Crippen LogP contribution in [0.2, 0.25) is 0 Å². The van der Waals surface area contributed by atoms with Gasteiger partial charge < -0.3 is 28.5 Å². The molecule has 0 bridgehead atoms. The molecule has 0 aliphatic rings. The Labute approximate surface area is 500 Å². The number of phosphoric acid groups is 1. The van der Waals surface area contributed by atoms with E-state index in [0.717, 1.165) is 122 Å². The van der Waals surface area contributed by atoms with Crippen molar-refractivity contribution in [2.24, 2.45) is 0 Å². The predicted molar refractivity (Wildman–Crippen MR) is 348 cm³/mol. The molecule has 0 fully saturated rings. The second-order valence-corrected chi connectivity index (χ2v) is 24.7. The Bertz CT molecular complexity index is 1750. The maximum atomic E-state index is 13.6. The minimum absolute atomic E-state index is 0.0334. The molecule has 0 radical (unpaired) electrons. The van der Waals surface area contributed by atoms with Crippen molar-refractivity contribution in [3.05, 3.63) is 109 Å². The Morgan fingerprint density at radius 3 is 1.15 bits per heavy atom. The predicted octanol–water partition coefficient (Wildman–Crippen LogP) is 20.3. The molecule has 10 heteroatoms. The summed E-state index contributed by atoms with van der Waals surface area (Å²) >= 11 is 0. The van der Waals surface area contributed by atoms with Crippen molar-refractivity contribution in [2.45, 2.75) is 290 Å². The number of esters is 1. The number of amides is 1. The summed E-state index contributed by atoms with van der Waals surface area (Å²) in [6.45, 7) is 6.76. The minimum Gasteiger partial charge on any atom is -0.756 e. The van der Waals surface area contributed by atoms with Crippen LogP contribution in [0.15, 0.2) is 109 Å². The molecule has 0 aliphatic heterocycles.